The molecular weight excluding hydrogens is 677 g/mol. The summed E-state index contributed by atoms with van der Waals surface area (Å²) < 4.78 is 34.1. The smallest absolute Gasteiger partial charge is 0.462 e. The zero-order valence-corrected chi connectivity index (χ0v) is 34.4. The van der Waals surface area contributed by atoms with Gasteiger partial charge in [-0.15, -0.1) is 0 Å². The molecule has 0 aliphatic carbocycles. The van der Waals surface area contributed by atoms with E-state index in [1.54, 1.807) is 0 Å². The molecule has 0 aromatic heterocycles. The van der Waals surface area contributed by atoms with Crippen LogP contribution in [0.15, 0.2) is 60.8 Å². The van der Waals surface area contributed by atoms with E-state index in [1.807, 2.05) is 33.3 Å². The highest BCUT2D eigenvalue weighted by atomic mass is 31.2. The van der Waals surface area contributed by atoms with Crippen LogP contribution in [-0.2, 0) is 32.7 Å². The Labute approximate surface area is 317 Å². The Bertz CT molecular complexity index is 1080. The van der Waals surface area contributed by atoms with Crippen molar-refractivity contribution in [3.05, 3.63) is 60.8 Å². The zero-order valence-electron chi connectivity index (χ0n) is 33.5. The fourth-order valence-electron chi connectivity index (χ4n) is 4.90. The summed E-state index contributed by atoms with van der Waals surface area (Å²) in [7, 11) is 1.42. The molecule has 52 heavy (non-hydrogen) atoms. The van der Waals surface area contributed by atoms with E-state index in [1.165, 1.54) is 44.9 Å². The topological polar surface area (TPSA) is 108 Å². The molecule has 2 unspecified atom stereocenters. The number of nitrogens with zero attached hydrogens (tertiary/aromatic N) is 1. The average molecular weight is 753 g/mol. The number of rotatable bonds is 35. The predicted octanol–water partition coefficient (Wildman–Crippen LogP) is 10.9. The number of unbranched alkanes of at least 4 members (excludes halogenated alkanes) is 11. The molecule has 0 radical (unpaired) electrons. The third-order valence-corrected chi connectivity index (χ3v) is 9.03. The number of hydrogen-bond acceptors (Lipinski definition) is 7. The van der Waals surface area contributed by atoms with Crippen molar-refractivity contribution >= 4 is 19.8 Å². The average Bonchev–Trinajstić information content (AvgIpc) is 3.09. The largest absolute Gasteiger partial charge is 0.472 e. The van der Waals surface area contributed by atoms with Crippen LogP contribution in [0.25, 0.3) is 0 Å². The number of hydrogen-bond donors (Lipinski definition) is 1. The standard InChI is InChI=1S/C42H74NO8P/c1-6-8-10-12-14-16-18-20-21-23-24-26-28-30-32-34-41(44)48-38-40(39-50-52(46,47)49-37-36-43(3,4)5)51-42(45)35-33-31-29-27-25-22-19-17-15-13-11-9-7-2/h9,11,15,17,20-22,25,29,31,40H,6-8,10,12-14,16,18-19,23-24,26-28,30,32-39H2,1-5H3/p+1/b11-9-,17-15-,21-20-,25-22-,31-29-. The van der Waals surface area contributed by atoms with E-state index < -0.39 is 32.5 Å². The molecule has 2 atom stereocenters. The molecule has 0 bridgehead atoms. The van der Waals surface area contributed by atoms with E-state index in [9.17, 15) is 19.0 Å². The molecule has 10 heteroatoms. The number of carbonyl (C=O) groups is 2. The lowest BCUT2D eigenvalue weighted by atomic mass is 10.1. The second-order valence-corrected chi connectivity index (χ2v) is 15.7. The Hall–Kier alpha value is -2.29. The lowest BCUT2D eigenvalue weighted by Gasteiger charge is -2.24. The van der Waals surface area contributed by atoms with Crippen molar-refractivity contribution in [3.8, 4) is 0 Å². The van der Waals surface area contributed by atoms with Gasteiger partial charge in [0, 0.05) is 12.8 Å². The first-order chi connectivity index (χ1) is 25.0. The predicted molar refractivity (Wildman–Crippen MR) is 215 cm³/mol. The van der Waals surface area contributed by atoms with Gasteiger partial charge in [-0.2, -0.15) is 0 Å². The second-order valence-electron chi connectivity index (χ2n) is 14.3. The number of esters is 2. The summed E-state index contributed by atoms with van der Waals surface area (Å²) >= 11 is 0. The summed E-state index contributed by atoms with van der Waals surface area (Å²) in [5.74, 6) is -0.909. The van der Waals surface area contributed by atoms with E-state index in [2.05, 4.69) is 62.5 Å². The van der Waals surface area contributed by atoms with Crippen molar-refractivity contribution in [1.29, 1.82) is 0 Å². The number of ether oxygens (including phenoxy) is 2. The first-order valence-electron chi connectivity index (χ1n) is 20.0. The molecule has 9 nitrogen and oxygen atoms in total. The van der Waals surface area contributed by atoms with Crippen molar-refractivity contribution in [1.82, 2.24) is 0 Å². The molecule has 0 saturated carbocycles. The minimum absolute atomic E-state index is 0.0154. The number of likely N-dealkylation sites (N-methyl/N-ethyl adjacent to an activating group) is 1. The third kappa shape index (κ3) is 37.5. The number of carbonyl (C=O) groups excluding carboxylic acids is 2. The van der Waals surface area contributed by atoms with Crippen molar-refractivity contribution in [2.24, 2.45) is 0 Å². The Balaban J connectivity index is 4.53. The fourth-order valence-corrected chi connectivity index (χ4v) is 5.64. The monoisotopic (exact) mass is 753 g/mol. The number of phosphoric ester groups is 1. The minimum atomic E-state index is -4.39. The van der Waals surface area contributed by atoms with Crippen LogP contribution in [0.1, 0.15) is 142 Å². The lowest BCUT2D eigenvalue weighted by molar-refractivity contribution is -0.870. The minimum Gasteiger partial charge on any atom is -0.462 e. The summed E-state index contributed by atoms with van der Waals surface area (Å²) in [5.41, 5.74) is 0. The second kappa shape index (κ2) is 34.5. The molecule has 0 aromatic carbocycles. The van der Waals surface area contributed by atoms with Crippen LogP contribution in [0.5, 0.6) is 0 Å². The van der Waals surface area contributed by atoms with Crippen molar-refractivity contribution < 1.29 is 42.1 Å². The van der Waals surface area contributed by atoms with Gasteiger partial charge in [-0.3, -0.25) is 18.6 Å². The van der Waals surface area contributed by atoms with Crippen LogP contribution >= 0.6 is 7.82 Å². The molecular formula is C42H75NO8P+. The molecule has 0 aliphatic heterocycles. The van der Waals surface area contributed by atoms with E-state index in [0.717, 1.165) is 57.8 Å². The SMILES string of the molecule is CC/C=C\C/C=C\C/C=C\C/C=C\CCC(=O)OC(COC(=O)CCCCCCC/C=C\CCCCCCCC)COP(=O)(O)OCC[N+](C)(C)C. The van der Waals surface area contributed by atoms with E-state index in [0.29, 0.717) is 23.9 Å². The summed E-state index contributed by atoms with van der Waals surface area (Å²) in [6.07, 6.45) is 40.0. The summed E-state index contributed by atoms with van der Waals surface area (Å²) in [5, 5.41) is 0. The molecule has 300 valence electrons. The summed E-state index contributed by atoms with van der Waals surface area (Å²) in [6.45, 7) is 4.18. The van der Waals surface area contributed by atoms with Crippen LogP contribution in [0, 0.1) is 0 Å². The Kier molecular flexibility index (Phi) is 33.0. The number of allylic oxidation sites excluding steroid dienone is 10. The molecule has 0 amide bonds. The highest BCUT2D eigenvalue weighted by Gasteiger charge is 2.27. The van der Waals surface area contributed by atoms with Crippen LogP contribution in [0.4, 0.5) is 0 Å². The maximum absolute atomic E-state index is 12.6. The number of phosphoric acid groups is 1. The quantitative estimate of drug-likeness (QED) is 0.0224. The third-order valence-electron chi connectivity index (χ3n) is 8.05. The first kappa shape index (κ1) is 49.7. The Morgan fingerprint density at radius 1 is 0.615 bits per heavy atom. The molecule has 0 heterocycles. The van der Waals surface area contributed by atoms with Gasteiger partial charge in [0.2, 0.25) is 0 Å². The molecule has 0 spiro atoms. The van der Waals surface area contributed by atoms with Gasteiger partial charge in [0.15, 0.2) is 6.10 Å². The van der Waals surface area contributed by atoms with Gasteiger partial charge >= 0.3 is 19.8 Å². The van der Waals surface area contributed by atoms with Crippen LogP contribution in [-0.4, -0.2) is 74.9 Å². The molecule has 0 rings (SSSR count). The van der Waals surface area contributed by atoms with Gasteiger partial charge in [0.25, 0.3) is 0 Å². The molecule has 1 N–H and O–H groups in total. The normalized spacial score (nSPS) is 14.3. The molecule has 0 fully saturated rings. The van der Waals surface area contributed by atoms with Crippen LogP contribution in [0.2, 0.25) is 0 Å². The van der Waals surface area contributed by atoms with Gasteiger partial charge in [-0.1, -0.05) is 126 Å². The van der Waals surface area contributed by atoms with E-state index in [-0.39, 0.29) is 26.1 Å². The van der Waals surface area contributed by atoms with Crippen molar-refractivity contribution in [2.75, 3.05) is 47.5 Å². The number of quaternary nitrogens is 1. The van der Waals surface area contributed by atoms with Gasteiger partial charge in [-0.05, 0) is 64.2 Å². The maximum atomic E-state index is 12.6. The molecule has 0 saturated heterocycles. The first-order valence-corrected chi connectivity index (χ1v) is 21.5. The Morgan fingerprint density at radius 3 is 1.71 bits per heavy atom. The van der Waals surface area contributed by atoms with Gasteiger partial charge in [0.1, 0.15) is 19.8 Å². The van der Waals surface area contributed by atoms with E-state index in [4.69, 9.17) is 18.5 Å². The van der Waals surface area contributed by atoms with Crippen LogP contribution in [0.3, 0.4) is 0 Å². The lowest BCUT2D eigenvalue weighted by Crippen LogP contribution is -2.37. The van der Waals surface area contributed by atoms with Gasteiger partial charge in [0.05, 0.1) is 27.7 Å². The summed E-state index contributed by atoms with van der Waals surface area (Å²) in [4.78, 5) is 35.2. The highest BCUT2D eigenvalue weighted by Crippen LogP contribution is 2.43. The van der Waals surface area contributed by atoms with Gasteiger partial charge in [-0.25, -0.2) is 4.57 Å². The van der Waals surface area contributed by atoms with E-state index >= 15 is 0 Å². The molecule has 0 aromatic rings. The summed E-state index contributed by atoms with van der Waals surface area (Å²) in [6, 6.07) is 0. The zero-order chi connectivity index (χ0) is 38.6. The van der Waals surface area contributed by atoms with Gasteiger partial charge < -0.3 is 18.9 Å². The fraction of sp³-hybridized carbons (Fsp3) is 0.714. The van der Waals surface area contributed by atoms with Crippen molar-refractivity contribution in [2.45, 2.75) is 148 Å². The maximum Gasteiger partial charge on any atom is 0.472 e. The highest BCUT2D eigenvalue weighted by molar-refractivity contribution is 7.47. The Morgan fingerprint density at radius 2 is 1.13 bits per heavy atom. The van der Waals surface area contributed by atoms with Crippen molar-refractivity contribution in [3.63, 3.8) is 0 Å². The molecule has 0 aliphatic rings. The van der Waals surface area contributed by atoms with Crippen LogP contribution < -0.4 is 0 Å².